The molecule has 1 aliphatic heterocycles. The number of piperidine rings is 1. The number of aromatic nitrogens is 3. The van der Waals surface area contributed by atoms with Gasteiger partial charge in [-0.2, -0.15) is 0 Å². The van der Waals surface area contributed by atoms with Crippen molar-refractivity contribution in [3.8, 4) is 5.75 Å². The van der Waals surface area contributed by atoms with Crippen LogP contribution in [0.3, 0.4) is 0 Å². The van der Waals surface area contributed by atoms with Gasteiger partial charge >= 0.3 is 0 Å². The topological polar surface area (TPSA) is 63.3 Å². The molecule has 2 aromatic heterocycles. The molecule has 1 aliphatic rings. The molecule has 3 heterocycles. The number of hydrogen-bond donors (Lipinski definition) is 1. The number of hydrogen-bond acceptors (Lipinski definition) is 5. The Kier molecular flexibility index (Phi) is 5.88. The van der Waals surface area contributed by atoms with Gasteiger partial charge in [-0.1, -0.05) is 6.07 Å². The smallest absolute Gasteiger partial charge is 0.156 e. The normalized spacial score (nSPS) is 15.9. The second kappa shape index (κ2) is 8.71. The summed E-state index contributed by atoms with van der Waals surface area (Å²) in [5, 5.41) is 0. The van der Waals surface area contributed by atoms with Gasteiger partial charge in [-0.15, -0.1) is 0 Å². The Labute approximate surface area is 165 Å². The second-order valence-electron chi connectivity index (χ2n) is 7.35. The molecular formula is C22H28N4O2. The Bertz CT molecular complexity index is 883. The third kappa shape index (κ3) is 4.18. The molecule has 1 saturated heterocycles. The van der Waals surface area contributed by atoms with Crippen LogP contribution >= 0.6 is 0 Å². The molecular weight excluding hydrogens is 352 g/mol. The van der Waals surface area contributed by atoms with E-state index in [9.17, 15) is 0 Å². The van der Waals surface area contributed by atoms with Crippen LogP contribution < -0.4 is 4.74 Å². The van der Waals surface area contributed by atoms with Crippen LogP contribution in [0.2, 0.25) is 0 Å². The van der Waals surface area contributed by atoms with E-state index in [1.165, 1.54) is 11.3 Å². The Morgan fingerprint density at radius 1 is 1.14 bits per heavy atom. The van der Waals surface area contributed by atoms with Crippen molar-refractivity contribution < 1.29 is 9.47 Å². The van der Waals surface area contributed by atoms with Crippen LogP contribution in [0.5, 0.6) is 5.75 Å². The highest BCUT2D eigenvalue weighted by atomic mass is 16.5. The van der Waals surface area contributed by atoms with Gasteiger partial charge in [0.15, 0.2) is 5.65 Å². The second-order valence-corrected chi connectivity index (χ2v) is 7.35. The monoisotopic (exact) mass is 380 g/mol. The van der Waals surface area contributed by atoms with E-state index < -0.39 is 0 Å². The molecule has 0 aliphatic carbocycles. The fourth-order valence-corrected chi connectivity index (χ4v) is 4.01. The zero-order valence-corrected chi connectivity index (χ0v) is 16.6. The van der Waals surface area contributed by atoms with Crippen LogP contribution in [0, 0.1) is 0 Å². The highest BCUT2D eigenvalue weighted by molar-refractivity contribution is 5.71. The summed E-state index contributed by atoms with van der Waals surface area (Å²) in [4.78, 5) is 14.7. The number of nitrogens with one attached hydrogen (secondary N) is 1. The van der Waals surface area contributed by atoms with Crippen molar-refractivity contribution >= 4 is 11.2 Å². The molecule has 0 unspecified atom stereocenters. The van der Waals surface area contributed by atoms with E-state index in [1.54, 1.807) is 19.5 Å². The highest BCUT2D eigenvalue weighted by Crippen LogP contribution is 2.30. The number of nitrogens with zero attached hydrogens (tertiary/aromatic N) is 3. The Morgan fingerprint density at radius 2 is 1.96 bits per heavy atom. The zero-order chi connectivity index (χ0) is 19.3. The molecule has 0 spiro atoms. The largest absolute Gasteiger partial charge is 0.496 e. The van der Waals surface area contributed by atoms with Crippen LogP contribution in [-0.2, 0) is 17.9 Å². The molecule has 1 aromatic carbocycles. The van der Waals surface area contributed by atoms with Gasteiger partial charge in [-0.05, 0) is 56.6 Å². The maximum atomic E-state index is 5.59. The van der Waals surface area contributed by atoms with Crippen LogP contribution in [0.25, 0.3) is 11.2 Å². The predicted octanol–water partition coefficient (Wildman–Crippen LogP) is 3.88. The van der Waals surface area contributed by atoms with E-state index in [2.05, 4.69) is 44.1 Å². The molecule has 6 nitrogen and oxygen atoms in total. The van der Waals surface area contributed by atoms with Gasteiger partial charge in [0.25, 0.3) is 0 Å². The highest BCUT2D eigenvalue weighted by Gasteiger charge is 2.22. The molecule has 0 atom stereocenters. The van der Waals surface area contributed by atoms with Crippen molar-refractivity contribution in [3.63, 3.8) is 0 Å². The van der Waals surface area contributed by atoms with Gasteiger partial charge in [0.05, 0.1) is 13.7 Å². The summed E-state index contributed by atoms with van der Waals surface area (Å²) < 4.78 is 11.1. The van der Waals surface area contributed by atoms with E-state index in [0.717, 1.165) is 55.0 Å². The first kappa shape index (κ1) is 18.9. The van der Waals surface area contributed by atoms with E-state index in [1.807, 2.05) is 6.92 Å². The van der Waals surface area contributed by atoms with Crippen molar-refractivity contribution in [2.45, 2.75) is 38.8 Å². The minimum atomic E-state index is 0.552. The lowest BCUT2D eigenvalue weighted by atomic mass is 9.93. The molecule has 3 aromatic rings. The number of rotatable bonds is 7. The first-order chi connectivity index (χ1) is 13.8. The van der Waals surface area contributed by atoms with Crippen molar-refractivity contribution in [3.05, 3.63) is 53.5 Å². The maximum absolute atomic E-state index is 5.59. The summed E-state index contributed by atoms with van der Waals surface area (Å²) in [7, 11) is 1.71. The summed E-state index contributed by atoms with van der Waals surface area (Å²) in [6, 6.07) is 8.60. The summed E-state index contributed by atoms with van der Waals surface area (Å²) in [6.45, 7) is 6.46. The van der Waals surface area contributed by atoms with Crippen LogP contribution in [-0.4, -0.2) is 46.7 Å². The summed E-state index contributed by atoms with van der Waals surface area (Å²) in [5.41, 5.74) is 5.55. The molecule has 1 N–H and O–H groups in total. The molecule has 6 heteroatoms. The first-order valence-corrected chi connectivity index (χ1v) is 10.0. The molecule has 0 radical (unpaired) electrons. The predicted molar refractivity (Wildman–Crippen MR) is 109 cm³/mol. The van der Waals surface area contributed by atoms with Gasteiger partial charge in [-0.3, -0.25) is 9.88 Å². The lowest BCUT2D eigenvalue weighted by Gasteiger charge is -2.31. The summed E-state index contributed by atoms with van der Waals surface area (Å²) >= 11 is 0. The molecule has 0 saturated carbocycles. The SMILES string of the molecule is CCOCc1cc(CN2CCC(c3cc4nccnc4[nH]3)CC2)ccc1OC. The lowest BCUT2D eigenvalue weighted by Crippen LogP contribution is -2.32. The fraction of sp³-hybridized carbons (Fsp3) is 0.455. The van der Waals surface area contributed by atoms with Crippen molar-refractivity contribution in [1.29, 1.82) is 0 Å². The number of likely N-dealkylation sites (tertiary alicyclic amines) is 1. The number of aromatic amines is 1. The van der Waals surface area contributed by atoms with Gasteiger partial charge in [0.2, 0.25) is 0 Å². The molecule has 0 amide bonds. The molecule has 1 fully saturated rings. The van der Waals surface area contributed by atoms with E-state index in [-0.39, 0.29) is 0 Å². The number of H-pyrrole nitrogens is 1. The minimum Gasteiger partial charge on any atom is -0.496 e. The summed E-state index contributed by atoms with van der Waals surface area (Å²) in [5.74, 6) is 1.45. The minimum absolute atomic E-state index is 0.552. The average molecular weight is 380 g/mol. The molecule has 148 valence electrons. The quantitative estimate of drug-likeness (QED) is 0.674. The van der Waals surface area contributed by atoms with E-state index in [0.29, 0.717) is 19.1 Å². The van der Waals surface area contributed by atoms with Crippen LogP contribution in [0.1, 0.15) is 42.5 Å². The average Bonchev–Trinajstić information content (AvgIpc) is 3.17. The lowest BCUT2D eigenvalue weighted by molar-refractivity contribution is 0.131. The number of fused-ring (bicyclic) bond motifs is 1. The van der Waals surface area contributed by atoms with E-state index in [4.69, 9.17) is 9.47 Å². The first-order valence-electron chi connectivity index (χ1n) is 10.0. The number of methoxy groups -OCH3 is 1. The van der Waals surface area contributed by atoms with Gasteiger partial charge in [-0.25, -0.2) is 4.98 Å². The molecule has 4 rings (SSSR count). The summed E-state index contributed by atoms with van der Waals surface area (Å²) in [6.07, 6.45) is 5.78. The Morgan fingerprint density at radius 3 is 2.71 bits per heavy atom. The van der Waals surface area contributed by atoms with Gasteiger partial charge in [0.1, 0.15) is 11.3 Å². The standard InChI is InChI=1S/C22H28N4O2/c1-3-28-15-18-12-16(4-5-21(18)27-2)14-26-10-6-17(7-11-26)19-13-20-22(25-19)24-9-8-23-20/h4-5,8-9,12-13,17H,3,6-7,10-11,14-15H2,1-2H3,(H,24,25). The number of benzene rings is 1. The van der Waals surface area contributed by atoms with Crippen molar-refractivity contribution in [2.75, 3.05) is 26.8 Å². The Balaban J connectivity index is 1.37. The Hall–Kier alpha value is -2.44. The maximum Gasteiger partial charge on any atom is 0.156 e. The zero-order valence-electron chi connectivity index (χ0n) is 16.6. The third-order valence-corrected chi connectivity index (χ3v) is 5.52. The van der Waals surface area contributed by atoms with E-state index >= 15 is 0 Å². The van der Waals surface area contributed by atoms with Crippen molar-refractivity contribution in [2.24, 2.45) is 0 Å². The fourth-order valence-electron chi connectivity index (χ4n) is 4.01. The molecule has 28 heavy (non-hydrogen) atoms. The van der Waals surface area contributed by atoms with Crippen molar-refractivity contribution in [1.82, 2.24) is 19.9 Å². The van der Waals surface area contributed by atoms with Crippen LogP contribution in [0.15, 0.2) is 36.7 Å². The van der Waals surface area contributed by atoms with Gasteiger partial charge in [0, 0.05) is 42.7 Å². The molecule has 0 bridgehead atoms. The van der Waals surface area contributed by atoms with Gasteiger partial charge < -0.3 is 14.5 Å². The third-order valence-electron chi connectivity index (χ3n) is 5.52. The van der Waals surface area contributed by atoms with Crippen LogP contribution in [0.4, 0.5) is 0 Å². The number of ether oxygens (including phenoxy) is 2.